The standard InChI is InChI=1S/C14H22BrNO/c1-3-9-16-14(11-6-4-5-10(11)2)12-7-8-13(15)17-12/h7-8,10-11,14,16H,3-6,9H2,1-2H3. The van der Waals surface area contributed by atoms with Gasteiger partial charge in [-0.3, -0.25) is 0 Å². The Hall–Kier alpha value is -0.280. The minimum Gasteiger partial charge on any atom is -0.453 e. The van der Waals surface area contributed by atoms with Crippen molar-refractivity contribution >= 4 is 15.9 Å². The fourth-order valence-electron chi connectivity index (χ4n) is 2.93. The van der Waals surface area contributed by atoms with Gasteiger partial charge in [0.05, 0.1) is 6.04 Å². The van der Waals surface area contributed by atoms with Crippen LogP contribution in [0, 0.1) is 11.8 Å². The molecule has 1 heterocycles. The zero-order valence-corrected chi connectivity index (χ0v) is 12.3. The maximum absolute atomic E-state index is 5.76. The van der Waals surface area contributed by atoms with Gasteiger partial charge in [-0.1, -0.05) is 26.7 Å². The lowest BCUT2D eigenvalue weighted by Gasteiger charge is -2.26. The van der Waals surface area contributed by atoms with Crippen molar-refractivity contribution in [3.8, 4) is 0 Å². The van der Waals surface area contributed by atoms with E-state index in [1.807, 2.05) is 6.07 Å². The van der Waals surface area contributed by atoms with E-state index in [9.17, 15) is 0 Å². The number of hydrogen-bond donors (Lipinski definition) is 1. The maximum atomic E-state index is 5.76. The fourth-order valence-corrected chi connectivity index (χ4v) is 3.25. The maximum Gasteiger partial charge on any atom is 0.169 e. The molecule has 1 fully saturated rings. The number of furan rings is 1. The van der Waals surface area contributed by atoms with Crippen LogP contribution in [-0.2, 0) is 0 Å². The molecule has 1 aromatic rings. The van der Waals surface area contributed by atoms with E-state index in [2.05, 4.69) is 41.2 Å². The molecular formula is C14H22BrNO. The van der Waals surface area contributed by atoms with Gasteiger partial charge < -0.3 is 9.73 Å². The number of hydrogen-bond acceptors (Lipinski definition) is 2. The molecule has 1 saturated carbocycles. The summed E-state index contributed by atoms with van der Waals surface area (Å²) in [6, 6.07) is 4.48. The highest BCUT2D eigenvalue weighted by atomic mass is 79.9. The summed E-state index contributed by atoms with van der Waals surface area (Å²) in [7, 11) is 0. The normalized spacial score (nSPS) is 26.3. The van der Waals surface area contributed by atoms with Crippen LogP contribution in [0.15, 0.2) is 21.2 Å². The minimum atomic E-state index is 0.388. The van der Waals surface area contributed by atoms with E-state index in [-0.39, 0.29) is 0 Å². The van der Waals surface area contributed by atoms with E-state index in [1.165, 1.54) is 25.7 Å². The van der Waals surface area contributed by atoms with Crippen molar-refractivity contribution in [3.63, 3.8) is 0 Å². The third-order valence-corrected chi connectivity index (χ3v) is 4.30. The first-order valence-electron chi connectivity index (χ1n) is 6.71. The zero-order valence-electron chi connectivity index (χ0n) is 10.7. The second-order valence-electron chi connectivity index (χ2n) is 5.15. The van der Waals surface area contributed by atoms with Gasteiger partial charge in [0.25, 0.3) is 0 Å². The first kappa shape index (κ1) is 13.2. The number of rotatable bonds is 5. The average molecular weight is 300 g/mol. The summed E-state index contributed by atoms with van der Waals surface area (Å²) in [6.45, 7) is 5.64. The molecular weight excluding hydrogens is 278 g/mol. The second kappa shape index (κ2) is 6.05. The Labute approximate surface area is 112 Å². The van der Waals surface area contributed by atoms with Gasteiger partial charge in [0.1, 0.15) is 5.76 Å². The highest BCUT2D eigenvalue weighted by Crippen LogP contribution is 2.40. The predicted molar refractivity (Wildman–Crippen MR) is 73.9 cm³/mol. The van der Waals surface area contributed by atoms with Crippen LogP contribution in [0.3, 0.4) is 0 Å². The molecule has 1 N–H and O–H groups in total. The summed E-state index contributed by atoms with van der Waals surface area (Å²) < 4.78 is 6.59. The topological polar surface area (TPSA) is 25.2 Å². The SMILES string of the molecule is CCCNC(c1ccc(Br)o1)C1CCCC1C. The molecule has 1 aliphatic carbocycles. The van der Waals surface area contributed by atoms with Crippen LogP contribution >= 0.6 is 15.9 Å². The summed E-state index contributed by atoms with van der Waals surface area (Å²) in [6.07, 6.45) is 5.20. The fraction of sp³-hybridized carbons (Fsp3) is 0.714. The van der Waals surface area contributed by atoms with Crippen LogP contribution in [-0.4, -0.2) is 6.54 Å². The number of nitrogens with one attached hydrogen (secondary N) is 1. The minimum absolute atomic E-state index is 0.388. The number of halogens is 1. The van der Waals surface area contributed by atoms with Crippen LogP contribution in [0.1, 0.15) is 51.3 Å². The van der Waals surface area contributed by atoms with Gasteiger partial charge in [-0.25, -0.2) is 0 Å². The Morgan fingerprint density at radius 1 is 1.47 bits per heavy atom. The third-order valence-electron chi connectivity index (χ3n) is 3.87. The molecule has 3 unspecified atom stereocenters. The summed E-state index contributed by atoms with van der Waals surface area (Å²) >= 11 is 3.40. The van der Waals surface area contributed by atoms with E-state index < -0.39 is 0 Å². The molecule has 2 nitrogen and oxygen atoms in total. The Kier molecular flexibility index (Phi) is 4.69. The Morgan fingerprint density at radius 2 is 2.29 bits per heavy atom. The lowest BCUT2D eigenvalue weighted by atomic mass is 9.88. The van der Waals surface area contributed by atoms with Crippen LogP contribution in [0.5, 0.6) is 0 Å². The van der Waals surface area contributed by atoms with Gasteiger partial charge in [0, 0.05) is 0 Å². The monoisotopic (exact) mass is 299 g/mol. The van der Waals surface area contributed by atoms with Gasteiger partial charge in [0.15, 0.2) is 4.67 Å². The molecule has 2 rings (SSSR count). The van der Waals surface area contributed by atoms with Gasteiger partial charge >= 0.3 is 0 Å². The molecule has 3 heteroatoms. The molecule has 0 aromatic carbocycles. The average Bonchev–Trinajstić information content (AvgIpc) is 2.90. The quantitative estimate of drug-likeness (QED) is 0.865. The largest absolute Gasteiger partial charge is 0.453 e. The van der Waals surface area contributed by atoms with E-state index in [0.29, 0.717) is 6.04 Å². The summed E-state index contributed by atoms with van der Waals surface area (Å²) in [5, 5.41) is 3.66. The molecule has 1 aliphatic rings. The van der Waals surface area contributed by atoms with E-state index in [4.69, 9.17) is 4.42 Å². The third kappa shape index (κ3) is 3.14. The Bertz CT molecular complexity index is 350. The van der Waals surface area contributed by atoms with Crippen LogP contribution in [0.2, 0.25) is 0 Å². The molecule has 0 amide bonds. The van der Waals surface area contributed by atoms with E-state index in [1.54, 1.807) is 0 Å². The van der Waals surface area contributed by atoms with Gasteiger partial charge in [-0.05, 0) is 59.3 Å². The first-order valence-corrected chi connectivity index (χ1v) is 7.50. The summed E-state index contributed by atoms with van der Waals surface area (Å²) in [4.78, 5) is 0. The second-order valence-corrected chi connectivity index (χ2v) is 5.93. The predicted octanol–water partition coefficient (Wildman–Crippen LogP) is 4.52. The molecule has 3 atom stereocenters. The summed E-state index contributed by atoms with van der Waals surface area (Å²) in [5.74, 6) is 2.61. The van der Waals surface area contributed by atoms with Crippen LogP contribution in [0.4, 0.5) is 0 Å². The van der Waals surface area contributed by atoms with E-state index in [0.717, 1.165) is 28.8 Å². The highest BCUT2D eigenvalue weighted by molar-refractivity contribution is 9.10. The van der Waals surface area contributed by atoms with E-state index >= 15 is 0 Å². The van der Waals surface area contributed by atoms with Gasteiger partial charge in [-0.15, -0.1) is 0 Å². The lowest BCUT2D eigenvalue weighted by Crippen LogP contribution is -2.30. The van der Waals surface area contributed by atoms with Crippen molar-refractivity contribution in [2.45, 2.75) is 45.6 Å². The molecule has 17 heavy (non-hydrogen) atoms. The Balaban J connectivity index is 2.12. The zero-order chi connectivity index (χ0) is 12.3. The van der Waals surface area contributed by atoms with Gasteiger partial charge in [-0.2, -0.15) is 0 Å². The molecule has 0 aliphatic heterocycles. The van der Waals surface area contributed by atoms with Crippen molar-refractivity contribution in [2.75, 3.05) is 6.54 Å². The molecule has 96 valence electrons. The van der Waals surface area contributed by atoms with Gasteiger partial charge in [0.2, 0.25) is 0 Å². The molecule has 0 spiro atoms. The Morgan fingerprint density at radius 3 is 2.82 bits per heavy atom. The lowest BCUT2D eigenvalue weighted by molar-refractivity contribution is 0.263. The van der Waals surface area contributed by atoms with Crippen LogP contribution in [0.25, 0.3) is 0 Å². The molecule has 0 saturated heterocycles. The molecule has 0 bridgehead atoms. The van der Waals surface area contributed by atoms with Crippen molar-refractivity contribution in [3.05, 3.63) is 22.6 Å². The van der Waals surface area contributed by atoms with Crippen molar-refractivity contribution in [1.82, 2.24) is 5.32 Å². The smallest absolute Gasteiger partial charge is 0.169 e. The first-order chi connectivity index (χ1) is 8.22. The van der Waals surface area contributed by atoms with Crippen LogP contribution < -0.4 is 5.32 Å². The highest BCUT2D eigenvalue weighted by Gasteiger charge is 2.33. The van der Waals surface area contributed by atoms with Crippen molar-refractivity contribution in [1.29, 1.82) is 0 Å². The van der Waals surface area contributed by atoms with Crippen molar-refractivity contribution in [2.24, 2.45) is 11.8 Å². The van der Waals surface area contributed by atoms with Crippen molar-refractivity contribution < 1.29 is 4.42 Å². The summed E-state index contributed by atoms with van der Waals surface area (Å²) in [5.41, 5.74) is 0. The molecule has 0 radical (unpaired) electrons. The molecule has 1 aromatic heterocycles.